The maximum atomic E-state index is 11.6. The van der Waals surface area contributed by atoms with Gasteiger partial charge in [-0.15, -0.1) is 0 Å². The van der Waals surface area contributed by atoms with Crippen molar-refractivity contribution in [3.63, 3.8) is 0 Å². The van der Waals surface area contributed by atoms with Crippen molar-refractivity contribution in [3.05, 3.63) is 0 Å². The van der Waals surface area contributed by atoms with Crippen LogP contribution in [0.2, 0.25) is 0 Å². The minimum Gasteiger partial charge on any atom is -0.480 e. The van der Waals surface area contributed by atoms with Crippen molar-refractivity contribution in [1.82, 2.24) is 10.6 Å². The van der Waals surface area contributed by atoms with E-state index in [4.69, 9.17) is 15.6 Å². The van der Waals surface area contributed by atoms with E-state index in [2.05, 4.69) is 10.6 Å². The fourth-order valence-corrected chi connectivity index (χ4v) is 1.76. The number of carbonyl (C=O) groups excluding carboxylic acids is 2. The van der Waals surface area contributed by atoms with Crippen molar-refractivity contribution in [1.29, 1.82) is 0 Å². The molecule has 2 amide bonds. The van der Waals surface area contributed by atoms with Crippen LogP contribution in [0.15, 0.2) is 0 Å². The second kappa shape index (κ2) is 10.8. The number of nitrogens with two attached hydrogens (primary N) is 1. The second-order valence-corrected chi connectivity index (χ2v) is 6.28. The molecule has 0 radical (unpaired) electrons. The third kappa shape index (κ3) is 12.4. The van der Waals surface area contributed by atoms with Crippen molar-refractivity contribution < 1.29 is 24.2 Å². The first kappa shape index (κ1) is 21.2. The number of carboxylic acid groups (broad SMARTS) is 1. The van der Waals surface area contributed by atoms with Crippen molar-refractivity contribution >= 4 is 18.0 Å². The Balaban J connectivity index is 4.00. The fraction of sp³-hybridized carbons (Fsp3) is 0.800. The number of carbonyl (C=O) groups is 3. The van der Waals surface area contributed by atoms with Crippen molar-refractivity contribution in [2.45, 2.75) is 64.5 Å². The van der Waals surface area contributed by atoms with E-state index in [0.717, 1.165) is 0 Å². The first-order valence-corrected chi connectivity index (χ1v) is 7.85. The molecule has 1 atom stereocenters. The van der Waals surface area contributed by atoms with Gasteiger partial charge < -0.3 is 26.2 Å². The van der Waals surface area contributed by atoms with Gasteiger partial charge in [-0.2, -0.15) is 0 Å². The molecule has 0 aromatic heterocycles. The van der Waals surface area contributed by atoms with Gasteiger partial charge in [0.15, 0.2) is 0 Å². The fourth-order valence-electron chi connectivity index (χ4n) is 1.76. The molecule has 0 spiro atoms. The Morgan fingerprint density at radius 2 is 1.83 bits per heavy atom. The molecule has 23 heavy (non-hydrogen) atoms. The van der Waals surface area contributed by atoms with E-state index in [0.29, 0.717) is 38.8 Å². The van der Waals surface area contributed by atoms with Gasteiger partial charge in [0.1, 0.15) is 11.6 Å². The van der Waals surface area contributed by atoms with Crippen LogP contribution in [0, 0.1) is 0 Å². The first-order valence-electron chi connectivity index (χ1n) is 7.85. The normalized spacial score (nSPS) is 12.3. The third-order valence-corrected chi connectivity index (χ3v) is 2.84. The molecule has 0 rings (SSSR count). The number of carboxylic acids is 1. The summed E-state index contributed by atoms with van der Waals surface area (Å²) in [6.07, 6.45) is 1.76. The van der Waals surface area contributed by atoms with Gasteiger partial charge in [-0.1, -0.05) is 0 Å². The Labute approximate surface area is 137 Å². The van der Waals surface area contributed by atoms with E-state index in [1.165, 1.54) is 0 Å². The monoisotopic (exact) mass is 331 g/mol. The molecular formula is C15H29N3O5. The Morgan fingerprint density at radius 1 is 1.17 bits per heavy atom. The number of hydrogen-bond donors (Lipinski definition) is 4. The molecule has 0 heterocycles. The summed E-state index contributed by atoms with van der Waals surface area (Å²) in [5.74, 6) is -1.17. The van der Waals surface area contributed by atoms with Crippen molar-refractivity contribution in [2.75, 3.05) is 13.1 Å². The molecule has 8 heteroatoms. The lowest BCUT2D eigenvalue weighted by Crippen LogP contribution is -2.43. The van der Waals surface area contributed by atoms with Crippen LogP contribution in [0.25, 0.3) is 0 Å². The highest BCUT2D eigenvalue weighted by Crippen LogP contribution is 2.08. The Bertz CT molecular complexity index is 393. The molecule has 8 nitrogen and oxygen atoms in total. The summed E-state index contributed by atoms with van der Waals surface area (Å²) in [4.78, 5) is 34.1. The van der Waals surface area contributed by atoms with Gasteiger partial charge in [0.2, 0.25) is 5.91 Å². The number of alkyl carbamates (subject to hydrolysis) is 1. The number of hydrogen-bond acceptors (Lipinski definition) is 5. The van der Waals surface area contributed by atoms with Crippen molar-refractivity contribution in [3.8, 4) is 0 Å². The molecule has 0 aromatic carbocycles. The summed E-state index contributed by atoms with van der Waals surface area (Å²) in [5, 5.41) is 14.2. The summed E-state index contributed by atoms with van der Waals surface area (Å²) in [6.45, 7) is 6.06. The number of unbranched alkanes of at least 4 members (excludes halogenated alkanes) is 1. The highest BCUT2D eigenvalue weighted by molar-refractivity contribution is 5.80. The Hall–Kier alpha value is -1.83. The van der Waals surface area contributed by atoms with E-state index in [9.17, 15) is 14.4 Å². The smallest absolute Gasteiger partial charge is 0.408 e. The molecule has 0 aliphatic carbocycles. The SMILES string of the molecule is CC(C)(C)OC(=O)NC(CCCCNC(=O)CCCN)C(=O)O. The van der Waals surface area contributed by atoms with Crippen LogP contribution in [0.4, 0.5) is 4.79 Å². The standard InChI is InChI=1S/C15H29N3O5/c1-15(2,3)23-14(22)18-11(13(20)21)7-4-5-10-17-12(19)8-6-9-16/h11H,4-10,16H2,1-3H3,(H,17,19)(H,18,22)(H,20,21). The molecule has 0 aliphatic heterocycles. The maximum absolute atomic E-state index is 11.6. The molecule has 0 fully saturated rings. The van der Waals surface area contributed by atoms with Gasteiger partial charge in [-0.25, -0.2) is 9.59 Å². The van der Waals surface area contributed by atoms with Crippen molar-refractivity contribution in [2.24, 2.45) is 5.73 Å². The average molecular weight is 331 g/mol. The van der Waals surface area contributed by atoms with E-state index in [1.54, 1.807) is 20.8 Å². The number of aliphatic carboxylic acids is 1. The number of ether oxygens (including phenoxy) is 1. The predicted octanol–water partition coefficient (Wildman–Crippen LogP) is 0.990. The van der Waals surface area contributed by atoms with Gasteiger partial charge in [0, 0.05) is 13.0 Å². The minimum atomic E-state index is -1.11. The highest BCUT2D eigenvalue weighted by atomic mass is 16.6. The zero-order chi connectivity index (χ0) is 17.9. The summed E-state index contributed by atoms with van der Waals surface area (Å²) in [5.41, 5.74) is 4.63. The van der Waals surface area contributed by atoms with E-state index in [-0.39, 0.29) is 12.3 Å². The number of rotatable bonds is 10. The first-order chi connectivity index (χ1) is 10.7. The average Bonchev–Trinajstić information content (AvgIpc) is 2.41. The lowest BCUT2D eigenvalue weighted by Gasteiger charge is -2.22. The van der Waals surface area contributed by atoms with Crippen LogP contribution in [-0.2, 0) is 14.3 Å². The molecule has 1 unspecified atom stereocenters. The molecule has 5 N–H and O–H groups in total. The maximum Gasteiger partial charge on any atom is 0.408 e. The molecule has 0 aromatic rings. The predicted molar refractivity (Wildman–Crippen MR) is 85.9 cm³/mol. The number of nitrogens with one attached hydrogen (secondary N) is 2. The van der Waals surface area contributed by atoms with Crippen LogP contribution in [0.1, 0.15) is 52.9 Å². The topological polar surface area (TPSA) is 131 Å². The van der Waals surface area contributed by atoms with Gasteiger partial charge >= 0.3 is 12.1 Å². The zero-order valence-electron chi connectivity index (χ0n) is 14.2. The molecular weight excluding hydrogens is 302 g/mol. The molecule has 0 bridgehead atoms. The zero-order valence-corrected chi connectivity index (χ0v) is 14.2. The van der Waals surface area contributed by atoms with Gasteiger partial charge in [-0.05, 0) is 53.0 Å². The van der Waals surface area contributed by atoms with Gasteiger partial charge in [0.25, 0.3) is 0 Å². The molecule has 0 aliphatic rings. The molecule has 0 saturated carbocycles. The van der Waals surface area contributed by atoms with Crippen LogP contribution in [0.3, 0.4) is 0 Å². The van der Waals surface area contributed by atoms with E-state index in [1.807, 2.05) is 0 Å². The van der Waals surface area contributed by atoms with Gasteiger partial charge in [-0.3, -0.25) is 4.79 Å². The summed E-state index contributed by atoms with van der Waals surface area (Å²) in [7, 11) is 0. The lowest BCUT2D eigenvalue weighted by atomic mass is 10.1. The van der Waals surface area contributed by atoms with Crippen LogP contribution in [0.5, 0.6) is 0 Å². The minimum absolute atomic E-state index is 0.0582. The van der Waals surface area contributed by atoms with Crippen LogP contribution in [-0.4, -0.2) is 47.8 Å². The highest BCUT2D eigenvalue weighted by Gasteiger charge is 2.23. The summed E-state index contributed by atoms with van der Waals surface area (Å²) >= 11 is 0. The summed E-state index contributed by atoms with van der Waals surface area (Å²) < 4.78 is 5.03. The largest absolute Gasteiger partial charge is 0.480 e. The van der Waals surface area contributed by atoms with Crippen LogP contribution < -0.4 is 16.4 Å². The van der Waals surface area contributed by atoms with E-state index >= 15 is 0 Å². The van der Waals surface area contributed by atoms with Gasteiger partial charge in [0.05, 0.1) is 0 Å². The Morgan fingerprint density at radius 3 is 2.35 bits per heavy atom. The quantitative estimate of drug-likeness (QED) is 0.442. The Kier molecular flexibility index (Phi) is 9.96. The van der Waals surface area contributed by atoms with E-state index < -0.39 is 23.7 Å². The number of amides is 2. The lowest BCUT2D eigenvalue weighted by molar-refractivity contribution is -0.139. The summed E-state index contributed by atoms with van der Waals surface area (Å²) in [6, 6.07) is -1.00. The van der Waals surface area contributed by atoms with Crippen LogP contribution >= 0.6 is 0 Å². The second-order valence-electron chi connectivity index (χ2n) is 6.28. The molecule has 134 valence electrons. The molecule has 0 saturated heterocycles. The third-order valence-electron chi connectivity index (χ3n) is 2.84.